The molecule has 1 aromatic rings. The first-order valence-corrected chi connectivity index (χ1v) is 8.12. The van der Waals surface area contributed by atoms with E-state index >= 15 is 0 Å². The third kappa shape index (κ3) is 3.70. The number of rotatable bonds is 4. The summed E-state index contributed by atoms with van der Waals surface area (Å²) in [4.78, 5) is 10.5. The molecule has 1 aromatic carbocycles. The van der Waals surface area contributed by atoms with E-state index in [1.165, 1.54) is 11.8 Å². The Balaban J connectivity index is 2.01. The predicted molar refractivity (Wildman–Crippen MR) is 80.2 cm³/mol. The first kappa shape index (κ1) is 13.8. The van der Waals surface area contributed by atoms with Gasteiger partial charge in [0.05, 0.1) is 4.92 Å². The molecule has 1 aliphatic heterocycles. The van der Waals surface area contributed by atoms with Gasteiger partial charge in [-0.3, -0.25) is 10.1 Å². The maximum atomic E-state index is 10.9. The van der Waals surface area contributed by atoms with E-state index in [2.05, 4.69) is 5.32 Å². The maximum absolute atomic E-state index is 10.9. The molecule has 98 valence electrons. The number of halogens is 1. The summed E-state index contributed by atoms with van der Waals surface area (Å²) in [5, 5.41) is 15.0. The van der Waals surface area contributed by atoms with Crippen LogP contribution >= 0.6 is 35.1 Å². The molecule has 4 nitrogen and oxygen atoms in total. The Morgan fingerprint density at radius 2 is 2.33 bits per heavy atom. The van der Waals surface area contributed by atoms with Crippen LogP contribution in [0.25, 0.3) is 0 Å². The van der Waals surface area contributed by atoms with Gasteiger partial charge in [-0.15, -0.1) is 0 Å². The number of nitro benzene ring substituents is 1. The van der Waals surface area contributed by atoms with Crippen LogP contribution < -0.4 is 5.32 Å². The lowest BCUT2D eigenvalue weighted by Crippen LogP contribution is -2.23. The summed E-state index contributed by atoms with van der Waals surface area (Å²) in [7, 11) is 0. The van der Waals surface area contributed by atoms with Gasteiger partial charge in [-0.05, 0) is 12.1 Å². The Morgan fingerprint density at radius 3 is 3.00 bits per heavy atom. The zero-order valence-corrected chi connectivity index (χ0v) is 12.0. The van der Waals surface area contributed by atoms with E-state index in [1.807, 2.05) is 23.5 Å². The van der Waals surface area contributed by atoms with E-state index in [-0.39, 0.29) is 5.69 Å². The lowest BCUT2D eigenvalue weighted by Gasteiger charge is -2.21. The summed E-state index contributed by atoms with van der Waals surface area (Å²) in [5.41, 5.74) is 0.580. The first-order valence-electron chi connectivity index (χ1n) is 5.54. The Morgan fingerprint density at radius 1 is 1.50 bits per heavy atom. The highest BCUT2D eigenvalue weighted by Gasteiger charge is 2.17. The lowest BCUT2D eigenvalue weighted by molar-refractivity contribution is -0.383. The van der Waals surface area contributed by atoms with Gasteiger partial charge in [0.15, 0.2) is 0 Å². The summed E-state index contributed by atoms with van der Waals surface area (Å²) in [6.45, 7) is 0.750. The average molecular weight is 305 g/mol. The zero-order chi connectivity index (χ0) is 13.0. The maximum Gasteiger partial charge on any atom is 0.293 e. The van der Waals surface area contributed by atoms with Crippen molar-refractivity contribution in [3.05, 3.63) is 33.3 Å². The van der Waals surface area contributed by atoms with Crippen molar-refractivity contribution in [3.63, 3.8) is 0 Å². The molecule has 18 heavy (non-hydrogen) atoms. The van der Waals surface area contributed by atoms with Crippen molar-refractivity contribution in [1.82, 2.24) is 0 Å². The van der Waals surface area contributed by atoms with Gasteiger partial charge < -0.3 is 5.32 Å². The normalized spacial score (nSPS) is 19.5. The number of hydrogen-bond donors (Lipinski definition) is 1. The largest absolute Gasteiger partial charge is 0.378 e. The molecule has 0 aromatic heterocycles. The van der Waals surface area contributed by atoms with Crippen LogP contribution in [0.3, 0.4) is 0 Å². The fraction of sp³-hybridized carbons (Fsp3) is 0.455. The van der Waals surface area contributed by atoms with Gasteiger partial charge in [0.25, 0.3) is 5.69 Å². The monoisotopic (exact) mass is 304 g/mol. The number of benzene rings is 1. The second-order valence-corrected chi connectivity index (χ2v) is 6.86. The molecule has 0 aliphatic carbocycles. The van der Waals surface area contributed by atoms with E-state index in [0.717, 1.165) is 18.1 Å². The van der Waals surface area contributed by atoms with Crippen molar-refractivity contribution in [1.29, 1.82) is 0 Å². The van der Waals surface area contributed by atoms with E-state index < -0.39 is 4.92 Å². The second-order valence-electron chi connectivity index (χ2n) is 3.87. The molecule has 1 saturated heterocycles. The molecule has 1 aliphatic rings. The molecule has 1 fully saturated rings. The molecule has 1 N–H and O–H groups in total. The SMILES string of the molecule is O=[N+]([O-])c1cc(Cl)ccc1NCC1CSCCS1. The standard InChI is InChI=1S/C11H13ClN2O2S2/c12-8-1-2-10(11(5-8)14(15)16)13-6-9-7-17-3-4-18-9/h1-2,5,9,13H,3-4,6-7H2. The summed E-state index contributed by atoms with van der Waals surface area (Å²) in [6, 6.07) is 4.72. The number of anilines is 1. The number of thioether (sulfide) groups is 2. The average Bonchev–Trinajstić information content (AvgIpc) is 2.38. The van der Waals surface area contributed by atoms with Crippen molar-refractivity contribution in [3.8, 4) is 0 Å². The minimum atomic E-state index is -0.406. The fourth-order valence-corrected chi connectivity index (χ4v) is 4.46. The molecular formula is C11H13ClN2O2S2. The van der Waals surface area contributed by atoms with Gasteiger partial charge in [-0.25, -0.2) is 0 Å². The fourth-order valence-electron chi connectivity index (χ4n) is 1.68. The molecule has 0 saturated carbocycles. The molecule has 0 bridgehead atoms. The van der Waals surface area contributed by atoms with Crippen molar-refractivity contribution in [2.45, 2.75) is 5.25 Å². The lowest BCUT2D eigenvalue weighted by atomic mass is 10.2. The number of nitro groups is 1. The Labute approximate surface area is 119 Å². The molecule has 2 rings (SSSR count). The third-order valence-electron chi connectivity index (χ3n) is 2.56. The van der Waals surface area contributed by atoms with E-state index in [9.17, 15) is 10.1 Å². The molecule has 1 atom stereocenters. The molecular weight excluding hydrogens is 292 g/mol. The van der Waals surface area contributed by atoms with Crippen LogP contribution in [0.5, 0.6) is 0 Å². The molecule has 0 spiro atoms. The van der Waals surface area contributed by atoms with Gasteiger partial charge in [-0.2, -0.15) is 23.5 Å². The van der Waals surface area contributed by atoms with E-state index in [1.54, 1.807) is 12.1 Å². The van der Waals surface area contributed by atoms with Crippen LogP contribution in [-0.4, -0.2) is 34.0 Å². The number of hydrogen-bond acceptors (Lipinski definition) is 5. The van der Waals surface area contributed by atoms with Crippen LogP contribution in [0.1, 0.15) is 0 Å². The van der Waals surface area contributed by atoms with E-state index in [4.69, 9.17) is 11.6 Å². The van der Waals surface area contributed by atoms with Gasteiger partial charge >= 0.3 is 0 Å². The van der Waals surface area contributed by atoms with Crippen molar-refractivity contribution in [2.75, 3.05) is 29.1 Å². The number of nitrogens with zero attached hydrogens (tertiary/aromatic N) is 1. The summed E-state index contributed by atoms with van der Waals surface area (Å²) < 4.78 is 0. The summed E-state index contributed by atoms with van der Waals surface area (Å²) in [5.74, 6) is 3.45. The first-order chi connectivity index (χ1) is 8.66. The van der Waals surface area contributed by atoms with Crippen LogP contribution in [0.2, 0.25) is 5.02 Å². The number of nitrogens with one attached hydrogen (secondary N) is 1. The van der Waals surface area contributed by atoms with E-state index in [0.29, 0.717) is 16.0 Å². The smallest absolute Gasteiger partial charge is 0.293 e. The van der Waals surface area contributed by atoms with Gasteiger partial charge in [-0.1, -0.05) is 11.6 Å². The van der Waals surface area contributed by atoms with Gasteiger partial charge in [0, 0.05) is 40.1 Å². The quantitative estimate of drug-likeness (QED) is 0.681. The van der Waals surface area contributed by atoms with Crippen LogP contribution in [0.4, 0.5) is 11.4 Å². The Hall–Kier alpha value is -0.590. The predicted octanol–water partition coefficient (Wildman–Crippen LogP) is 3.51. The zero-order valence-electron chi connectivity index (χ0n) is 9.60. The Bertz CT molecular complexity index is 439. The highest BCUT2D eigenvalue weighted by atomic mass is 35.5. The second kappa shape index (κ2) is 6.54. The third-order valence-corrected chi connectivity index (χ3v) is 5.64. The summed E-state index contributed by atoms with van der Waals surface area (Å²) >= 11 is 9.63. The van der Waals surface area contributed by atoms with Crippen LogP contribution in [0.15, 0.2) is 18.2 Å². The van der Waals surface area contributed by atoms with Crippen LogP contribution in [0, 0.1) is 10.1 Å². The minimum Gasteiger partial charge on any atom is -0.378 e. The molecule has 0 radical (unpaired) electrons. The van der Waals surface area contributed by atoms with Gasteiger partial charge in [0.1, 0.15) is 5.69 Å². The Kier molecular flexibility index (Phi) is 5.03. The minimum absolute atomic E-state index is 0.0379. The molecule has 7 heteroatoms. The highest BCUT2D eigenvalue weighted by molar-refractivity contribution is 8.06. The summed E-state index contributed by atoms with van der Waals surface area (Å²) in [6.07, 6.45) is 0. The molecule has 0 amide bonds. The van der Waals surface area contributed by atoms with Crippen molar-refractivity contribution < 1.29 is 4.92 Å². The van der Waals surface area contributed by atoms with Crippen molar-refractivity contribution in [2.24, 2.45) is 0 Å². The van der Waals surface area contributed by atoms with Crippen LogP contribution in [-0.2, 0) is 0 Å². The topological polar surface area (TPSA) is 55.2 Å². The van der Waals surface area contributed by atoms with Crippen molar-refractivity contribution >= 4 is 46.5 Å². The highest BCUT2D eigenvalue weighted by Crippen LogP contribution is 2.29. The molecule has 1 heterocycles. The van der Waals surface area contributed by atoms with Gasteiger partial charge in [0.2, 0.25) is 0 Å². The molecule has 1 unspecified atom stereocenters.